The van der Waals surface area contributed by atoms with Crippen LogP contribution < -0.4 is 16.4 Å². The van der Waals surface area contributed by atoms with Gasteiger partial charge in [-0.05, 0) is 25.0 Å². The maximum atomic E-state index is 12.4. The second kappa shape index (κ2) is 9.78. The SMILES string of the molecule is NCCNC(=O)c1ccccc1NC(=O)CN1CCCCCCC1=O. The summed E-state index contributed by atoms with van der Waals surface area (Å²) in [4.78, 5) is 38.2. The number of hydrogen-bond acceptors (Lipinski definition) is 4. The third-order valence-corrected chi connectivity index (χ3v) is 4.13. The molecule has 0 atom stereocenters. The van der Waals surface area contributed by atoms with Crippen molar-refractivity contribution >= 4 is 23.4 Å². The van der Waals surface area contributed by atoms with E-state index in [4.69, 9.17) is 5.73 Å². The Bertz CT molecular complexity index is 618. The topological polar surface area (TPSA) is 105 Å². The van der Waals surface area contributed by atoms with Crippen molar-refractivity contribution in [3.05, 3.63) is 29.8 Å². The minimum absolute atomic E-state index is 0.0115. The van der Waals surface area contributed by atoms with Gasteiger partial charge in [-0.15, -0.1) is 0 Å². The van der Waals surface area contributed by atoms with Gasteiger partial charge in [0.2, 0.25) is 11.8 Å². The summed E-state index contributed by atoms with van der Waals surface area (Å²) in [6.07, 6.45) is 4.43. The Morgan fingerprint density at radius 3 is 2.68 bits per heavy atom. The van der Waals surface area contributed by atoms with Crippen LogP contribution in [0.3, 0.4) is 0 Å². The van der Waals surface area contributed by atoms with E-state index in [2.05, 4.69) is 10.6 Å². The molecule has 1 aromatic carbocycles. The van der Waals surface area contributed by atoms with Gasteiger partial charge in [0.05, 0.1) is 17.8 Å². The van der Waals surface area contributed by atoms with Crippen molar-refractivity contribution in [1.29, 1.82) is 0 Å². The molecule has 136 valence electrons. The summed E-state index contributed by atoms with van der Waals surface area (Å²) in [6.45, 7) is 1.32. The molecular formula is C18H26N4O3. The Hall–Kier alpha value is -2.41. The largest absolute Gasteiger partial charge is 0.351 e. The van der Waals surface area contributed by atoms with Crippen molar-refractivity contribution in [1.82, 2.24) is 10.2 Å². The maximum Gasteiger partial charge on any atom is 0.253 e. The molecule has 0 aromatic heterocycles. The Morgan fingerprint density at radius 1 is 1.12 bits per heavy atom. The molecule has 1 aromatic rings. The molecule has 1 aliphatic rings. The van der Waals surface area contributed by atoms with E-state index in [1.807, 2.05) is 0 Å². The first-order chi connectivity index (χ1) is 12.1. The predicted octanol–water partition coefficient (Wildman–Crippen LogP) is 1.11. The summed E-state index contributed by atoms with van der Waals surface area (Å²) in [6, 6.07) is 6.79. The number of nitrogens with two attached hydrogens (primary N) is 1. The fourth-order valence-electron chi connectivity index (χ4n) is 2.82. The summed E-state index contributed by atoms with van der Waals surface area (Å²) >= 11 is 0. The number of benzene rings is 1. The van der Waals surface area contributed by atoms with Crippen molar-refractivity contribution in [3.63, 3.8) is 0 Å². The van der Waals surface area contributed by atoms with Crippen molar-refractivity contribution in [2.24, 2.45) is 5.73 Å². The van der Waals surface area contributed by atoms with Crippen LogP contribution >= 0.6 is 0 Å². The predicted molar refractivity (Wildman–Crippen MR) is 96.1 cm³/mol. The number of amides is 3. The number of hydrogen-bond donors (Lipinski definition) is 3. The summed E-state index contributed by atoms with van der Waals surface area (Å²) in [5, 5.41) is 5.43. The van der Waals surface area contributed by atoms with Crippen LogP contribution in [0.4, 0.5) is 5.69 Å². The molecule has 7 nitrogen and oxygen atoms in total. The molecule has 0 radical (unpaired) electrons. The van der Waals surface area contributed by atoms with E-state index in [1.54, 1.807) is 29.2 Å². The van der Waals surface area contributed by atoms with Crippen molar-refractivity contribution in [2.75, 3.05) is 31.5 Å². The standard InChI is InChI=1S/C18H26N4O3/c19-10-11-20-18(25)14-7-4-5-8-15(14)21-16(23)13-22-12-6-2-1-3-9-17(22)24/h4-5,7-8H,1-3,6,9-13,19H2,(H,20,25)(H,21,23). The van der Waals surface area contributed by atoms with Crippen LogP contribution in [-0.4, -0.2) is 48.8 Å². The van der Waals surface area contributed by atoms with Gasteiger partial charge in [0.25, 0.3) is 5.91 Å². The summed E-state index contributed by atoms with van der Waals surface area (Å²) in [5.74, 6) is -0.569. The molecule has 0 aliphatic carbocycles. The van der Waals surface area contributed by atoms with Crippen LogP contribution in [0.2, 0.25) is 0 Å². The zero-order valence-electron chi connectivity index (χ0n) is 14.4. The number of nitrogens with one attached hydrogen (secondary N) is 2. The number of likely N-dealkylation sites (tertiary alicyclic amines) is 1. The lowest BCUT2D eigenvalue weighted by Gasteiger charge is -2.24. The number of carbonyl (C=O) groups is 3. The van der Waals surface area contributed by atoms with Crippen LogP contribution in [0.5, 0.6) is 0 Å². The molecule has 1 aliphatic heterocycles. The summed E-state index contributed by atoms with van der Waals surface area (Å²) in [7, 11) is 0. The Labute approximate surface area is 147 Å². The molecule has 1 heterocycles. The zero-order chi connectivity index (χ0) is 18.1. The second-order valence-electron chi connectivity index (χ2n) is 6.12. The van der Waals surface area contributed by atoms with Gasteiger partial charge in [0.15, 0.2) is 0 Å². The number of anilines is 1. The second-order valence-corrected chi connectivity index (χ2v) is 6.12. The number of rotatable bonds is 6. The summed E-state index contributed by atoms with van der Waals surface area (Å²) in [5.41, 5.74) is 6.20. The monoisotopic (exact) mass is 346 g/mol. The molecule has 0 unspecified atom stereocenters. The Kier molecular flexibility index (Phi) is 7.40. The average molecular weight is 346 g/mol. The highest BCUT2D eigenvalue weighted by molar-refractivity contribution is 6.04. The number of nitrogens with zero attached hydrogens (tertiary/aromatic N) is 1. The van der Waals surface area contributed by atoms with Crippen LogP contribution in [0.25, 0.3) is 0 Å². The first kappa shape index (κ1) is 18.9. The molecule has 4 N–H and O–H groups in total. The molecule has 25 heavy (non-hydrogen) atoms. The molecule has 0 bridgehead atoms. The van der Waals surface area contributed by atoms with Gasteiger partial charge in [0, 0.05) is 26.1 Å². The minimum atomic E-state index is -0.298. The lowest BCUT2D eigenvalue weighted by atomic mass is 10.1. The molecule has 1 saturated heterocycles. The molecule has 1 fully saturated rings. The summed E-state index contributed by atoms with van der Waals surface area (Å²) < 4.78 is 0. The van der Waals surface area contributed by atoms with E-state index >= 15 is 0 Å². The highest BCUT2D eigenvalue weighted by atomic mass is 16.2. The van der Waals surface area contributed by atoms with E-state index in [1.165, 1.54) is 0 Å². The van der Waals surface area contributed by atoms with E-state index in [0.717, 1.165) is 25.7 Å². The van der Waals surface area contributed by atoms with Gasteiger partial charge in [-0.2, -0.15) is 0 Å². The molecule has 0 saturated carbocycles. The third-order valence-electron chi connectivity index (χ3n) is 4.13. The van der Waals surface area contributed by atoms with Gasteiger partial charge in [0.1, 0.15) is 0 Å². The van der Waals surface area contributed by atoms with E-state index in [9.17, 15) is 14.4 Å². The van der Waals surface area contributed by atoms with Crippen molar-refractivity contribution in [2.45, 2.75) is 32.1 Å². The quantitative estimate of drug-likeness (QED) is 0.717. The van der Waals surface area contributed by atoms with Gasteiger partial charge in [-0.25, -0.2) is 0 Å². The van der Waals surface area contributed by atoms with E-state index in [-0.39, 0.29) is 24.3 Å². The van der Waals surface area contributed by atoms with Gasteiger partial charge < -0.3 is 21.3 Å². The highest BCUT2D eigenvalue weighted by Crippen LogP contribution is 2.16. The van der Waals surface area contributed by atoms with Gasteiger partial charge in [-0.3, -0.25) is 14.4 Å². The highest BCUT2D eigenvalue weighted by Gasteiger charge is 2.19. The van der Waals surface area contributed by atoms with Crippen molar-refractivity contribution in [3.8, 4) is 0 Å². The van der Waals surface area contributed by atoms with Gasteiger partial charge in [-0.1, -0.05) is 25.0 Å². The Morgan fingerprint density at radius 2 is 1.88 bits per heavy atom. The normalized spacial score (nSPS) is 15.2. The maximum absolute atomic E-state index is 12.4. The van der Waals surface area contributed by atoms with Crippen LogP contribution in [0.1, 0.15) is 42.5 Å². The van der Waals surface area contributed by atoms with Gasteiger partial charge >= 0.3 is 0 Å². The van der Waals surface area contributed by atoms with E-state index < -0.39 is 0 Å². The zero-order valence-corrected chi connectivity index (χ0v) is 14.4. The fourth-order valence-corrected chi connectivity index (χ4v) is 2.82. The minimum Gasteiger partial charge on any atom is -0.351 e. The molecule has 0 spiro atoms. The molecule has 2 rings (SSSR count). The van der Waals surface area contributed by atoms with Crippen LogP contribution in [0.15, 0.2) is 24.3 Å². The lowest BCUT2D eigenvalue weighted by molar-refractivity contribution is -0.135. The Balaban J connectivity index is 2.00. The third kappa shape index (κ3) is 5.86. The first-order valence-corrected chi connectivity index (χ1v) is 8.76. The smallest absolute Gasteiger partial charge is 0.253 e. The van der Waals surface area contributed by atoms with Crippen LogP contribution in [0, 0.1) is 0 Å². The lowest BCUT2D eigenvalue weighted by Crippen LogP contribution is -2.39. The van der Waals surface area contributed by atoms with E-state index in [0.29, 0.717) is 37.3 Å². The number of para-hydroxylation sites is 1. The number of carbonyl (C=O) groups excluding carboxylic acids is 3. The first-order valence-electron chi connectivity index (χ1n) is 8.76. The average Bonchev–Trinajstić information content (AvgIpc) is 2.60. The molecule has 3 amide bonds. The van der Waals surface area contributed by atoms with Crippen LogP contribution in [-0.2, 0) is 9.59 Å². The van der Waals surface area contributed by atoms with Crippen molar-refractivity contribution < 1.29 is 14.4 Å². The fraction of sp³-hybridized carbons (Fsp3) is 0.500. The molecule has 7 heteroatoms. The molecular weight excluding hydrogens is 320 g/mol.